The van der Waals surface area contributed by atoms with E-state index in [-0.39, 0.29) is 0 Å². The van der Waals surface area contributed by atoms with Gasteiger partial charge in [0.25, 0.3) is 0 Å². The molecule has 4 heteroatoms. The van der Waals surface area contributed by atoms with Gasteiger partial charge in [0.2, 0.25) is 0 Å². The number of carbonyl (C=O) groups is 1. The van der Waals surface area contributed by atoms with Gasteiger partial charge >= 0.3 is 6.09 Å². The van der Waals surface area contributed by atoms with Gasteiger partial charge in [-0.25, -0.2) is 14.8 Å². The van der Waals surface area contributed by atoms with Crippen LogP contribution in [0.25, 0.3) is 5.57 Å². The number of amides is 1. The van der Waals surface area contributed by atoms with Gasteiger partial charge in [0.05, 0.1) is 25.0 Å². The zero-order chi connectivity index (χ0) is 14.8. The molecule has 1 aliphatic heterocycles. The Morgan fingerprint density at radius 1 is 1.10 bits per heavy atom. The van der Waals surface area contributed by atoms with Crippen LogP contribution in [-0.2, 0) is 4.74 Å². The normalized spacial score (nSPS) is 13.9. The molecule has 0 saturated heterocycles. The quantitative estimate of drug-likeness (QED) is 0.795. The van der Waals surface area contributed by atoms with Gasteiger partial charge in [-0.2, -0.15) is 0 Å². The molecule has 106 valence electrons. The van der Waals surface area contributed by atoms with E-state index >= 15 is 0 Å². The molecule has 0 aromatic heterocycles. The number of hydrazine groups is 1. The minimum atomic E-state index is -0.408. The van der Waals surface area contributed by atoms with E-state index < -0.39 is 6.09 Å². The molecule has 0 bridgehead atoms. The van der Waals surface area contributed by atoms with Crippen molar-refractivity contribution in [1.82, 2.24) is 5.01 Å². The van der Waals surface area contributed by atoms with E-state index in [1.54, 1.807) is 5.01 Å². The minimum absolute atomic E-state index is 0.401. The molecule has 4 nitrogen and oxygen atoms in total. The summed E-state index contributed by atoms with van der Waals surface area (Å²) in [5.74, 6) is 0. The molecule has 21 heavy (non-hydrogen) atoms. The second-order valence-corrected chi connectivity index (χ2v) is 4.80. The lowest BCUT2D eigenvalue weighted by molar-refractivity contribution is 0.128. The van der Waals surface area contributed by atoms with Gasteiger partial charge in [0.15, 0.2) is 0 Å². The third-order valence-electron chi connectivity index (χ3n) is 3.48. The summed E-state index contributed by atoms with van der Waals surface area (Å²) in [6.45, 7) is 4.48. The maximum atomic E-state index is 12.1. The Bertz CT molecular complexity index is 682. The first-order chi connectivity index (χ1) is 10.2. The number of fused-ring (bicyclic) bond motifs is 1. The van der Waals surface area contributed by atoms with Crippen LogP contribution < -0.4 is 5.01 Å². The van der Waals surface area contributed by atoms with E-state index in [0.717, 1.165) is 22.5 Å². The Morgan fingerprint density at radius 2 is 1.76 bits per heavy atom. The molecule has 0 aliphatic carbocycles. The highest BCUT2D eigenvalue weighted by atomic mass is 16.5. The first kappa shape index (κ1) is 13.2. The molecule has 0 fully saturated rings. The fourth-order valence-corrected chi connectivity index (χ4v) is 2.52. The average molecular weight is 280 g/mol. The van der Waals surface area contributed by atoms with Gasteiger partial charge in [0, 0.05) is 5.56 Å². The molecule has 1 amide bonds. The van der Waals surface area contributed by atoms with Crippen LogP contribution in [0.3, 0.4) is 0 Å². The number of carbonyl (C=O) groups excluding carboxylic acids is 1. The first-order valence-corrected chi connectivity index (χ1v) is 6.70. The molecule has 2 aromatic carbocycles. The Labute approximate surface area is 123 Å². The molecule has 0 N–H and O–H groups in total. The lowest BCUT2D eigenvalue weighted by atomic mass is 10.0. The van der Waals surface area contributed by atoms with Crippen molar-refractivity contribution in [3.05, 3.63) is 66.7 Å². The Morgan fingerprint density at radius 3 is 2.48 bits per heavy atom. The van der Waals surface area contributed by atoms with Crippen molar-refractivity contribution >= 4 is 23.0 Å². The van der Waals surface area contributed by atoms with Crippen molar-refractivity contribution in [2.75, 3.05) is 18.7 Å². The van der Waals surface area contributed by atoms with E-state index in [1.165, 1.54) is 7.11 Å². The summed E-state index contributed by atoms with van der Waals surface area (Å²) < 4.78 is 4.91. The number of nitrogens with zero attached hydrogens (tertiary/aromatic N) is 2. The van der Waals surface area contributed by atoms with Gasteiger partial charge in [-0.05, 0) is 23.8 Å². The van der Waals surface area contributed by atoms with E-state index in [4.69, 9.17) is 4.74 Å². The summed E-state index contributed by atoms with van der Waals surface area (Å²) in [5.41, 5.74) is 3.76. The first-order valence-electron chi connectivity index (χ1n) is 6.70. The molecule has 2 aromatic rings. The third-order valence-corrected chi connectivity index (χ3v) is 3.48. The number of methoxy groups -OCH3 is 1. The van der Waals surface area contributed by atoms with Crippen LogP contribution >= 0.6 is 0 Å². The summed E-state index contributed by atoms with van der Waals surface area (Å²) in [6.07, 6.45) is -0.408. The third kappa shape index (κ3) is 2.25. The number of rotatable bonds is 1. The van der Waals surface area contributed by atoms with Gasteiger partial charge in [-0.3, -0.25) is 0 Å². The molecule has 3 rings (SSSR count). The van der Waals surface area contributed by atoms with Crippen molar-refractivity contribution in [2.45, 2.75) is 0 Å². The summed E-state index contributed by atoms with van der Waals surface area (Å²) in [6, 6.07) is 17.7. The average Bonchev–Trinajstić information content (AvgIpc) is 2.55. The maximum Gasteiger partial charge on any atom is 0.429 e. The SMILES string of the molecule is C=C1CN(C(=O)OC)N(c2ccccc2)c2ccccc21. The number of ether oxygens (including phenoxy) is 1. The van der Waals surface area contributed by atoms with Crippen LogP contribution in [0.15, 0.2) is 61.2 Å². The maximum absolute atomic E-state index is 12.1. The van der Waals surface area contributed by atoms with Crippen LogP contribution in [0.2, 0.25) is 0 Å². The van der Waals surface area contributed by atoms with Crippen molar-refractivity contribution in [2.24, 2.45) is 0 Å². The Hall–Kier alpha value is -2.75. The lowest BCUT2D eigenvalue weighted by Crippen LogP contribution is -2.47. The predicted molar refractivity (Wildman–Crippen MR) is 83.2 cm³/mol. The molecule has 0 radical (unpaired) electrons. The van der Waals surface area contributed by atoms with E-state index in [2.05, 4.69) is 6.58 Å². The minimum Gasteiger partial charge on any atom is -0.452 e. The van der Waals surface area contributed by atoms with Crippen molar-refractivity contribution < 1.29 is 9.53 Å². The van der Waals surface area contributed by atoms with Gasteiger partial charge in [-0.15, -0.1) is 0 Å². The summed E-state index contributed by atoms with van der Waals surface area (Å²) in [5, 5.41) is 3.43. The number of para-hydroxylation sites is 2. The van der Waals surface area contributed by atoms with Gasteiger partial charge in [0.1, 0.15) is 0 Å². The largest absolute Gasteiger partial charge is 0.452 e. The molecule has 0 saturated carbocycles. The standard InChI is InChI=1S/C17H16N2O2/c1-13-12-18(17(20)21-2)19(14-8-4-3-5-9-14)16-11-7-6-10-15(13)16/h3-11H,1,12H2,2H3. The Kier molecular flexibility index (Phi) is 3.36. The number of hydrogen-bond donors (Lipinski definition) is 0. The highest BCUT2D eigenvalue weighted by Gasteiger charge is 2.31. The van der Waals surface area contributed by atoms with Crippen LogP contribution in [0.4, 0.5) is 16.2 Å². The van der Waals surface area contributed by atoms with Crippen molar-refractivity contribution in [3.63, 3.8) is 0 Å². The van der Waals surface area contributed by atoms with E-state index in [0.29, 0.717) is 6.54 Å². The highest BCUT2D eigenvalue weighted by Crippen LogP contribution is 2.38. The summed E-state index contributed by atoms with van der Waals surface area (Å²) >= 11 is 0. The predicted octanol–water partition coefficient (Wildman–Crippen LogP) is 3.83. The van der Waals surface area contributed by atoms with Crippen molar-refractivity contribution in [3.8, 4) is 0 Å². The molecule has 0 unspecified atom stereocenters. The van der Waals surface area contributed by atoms with E-state index in [9.17, 15) is 4.79 Å². The topological polar surface area (TPSA) is 32.8 Å². The molecule has 1 heterocycles. The fraction of sp³-hybridized carbons (Fsp3) is 0.118. The lowest BCUT2D eigenvalue weighted by Gasteiger charge is -2.40. The smallest absolute Gasteiger partial charge is 0.429 e. The van der Waals surface area contributed by atoms with Crippen LogP contribution in [0.5, 0.6) is 0 Å². The molecule has 1 aliphatic rings. The number of hydrogen-bond acceptors (Lipinski definition) is 3. The van der Waals surface area contributed by atoms with E-state index in [1.807, 2.05) is 59.6 Å². The van der Waals surface area contributed by atoms with Crippen LogP contribution in [-0.4, -0.2) is 24.8 Å². The van der Waals surface area contributed by atoms with Crippen molar-refractivity contribution in [1.29, 1.82) is 0 Å². The molecule has 0 spiro atoms. The molecule has 0 atom stereocenters. The zero-order valence-electron chi connectivity index (χ0n) is 11.8. The number of anilines is 2. The van der Waals surface area contributed by atoms with Gasteiger partial charge in [-0.1, -0.05) is 43.0 Å². The zero-order valence-corrected chi connectivity index (χ0v) is 11.8. The second kappa shape index (κ2) is 5.32. The fourth-order valence-electron chi connectivity index (χ4n) is 2.52. The highest BCUT2D eigenvalue weighted by molar-refractivity contribution is 5.87. The van der Waals surface area contributed by atoms with Gasteiger partial charge < -0.3 is 4.74 Å². The van der Waals surface area contributed by atoms with Crippen LogP contribution in [0.1, 0.15) is 5.56 Å². The number of benzene rings is 2. The second-order valence-electron chi connectivity index (χ2n) is 4.80. The molecular formula is C17H16N2O2. The summed E-state index contributed by atoms with van der Waals surface area (Å²) in [4.78, 5) is 12.1. The summed E-state index contributed by atoms with van der Waals surface area (Å²) in [7, 11) is 1.38. The Balaban J connectivity index is 2.16. The van der Waals surface area contributed by atoms with Crippen LogP contribution in [0, 0.1) is 0 Å². The molecular weight excluding hydrogens is 264 g/mol. The monoisotopic (exact) mass is 280 g/mol.